The second kappa shape index (κ2) is 6.93. The molecule has 0 atom stereocenters. The predicted molar refractivity (Wildman–Crippen MR) is 79.8 cm³/mol. The zero-order valence-electron chi connectivity index (χ0n) is 12.6. The largest absolute Gasteiger partial charge is 0.389 e. The minimum absolute atomic E-state index is 0.0999. The summed E-state index contributed by atoms with van der Waals surface area (Å²) >= 11 is 0. The number of β-amino-alcohol motifs (C(OH)–C–C–N with tert-alkyl or cyclic N) is 1. The molecule has 0 unspecified atom stereocenters. The highest BCUT2D eigenvalue weighted by molar-refractivity contribution is 5.90. The summed E-state index contributed by atoms with van der Waals surface area (Å²) in [4.78, 5) is 24.2. The Labute approximate surface area is 125 Å². The van der Waals surface area contributed by atoms with Gasteiger partial charge in [0.2, 0.25) is 11.9 Å². The third-order valence-corrected chi connectivity index (χ3v) is 3.26. The minimum Gasteiger partial charge on any atom is -0.389 e. The van der Waals surface area contributed by atoms with E-state index >= 15 is 0 Å². The molecule has 2 N–H and O–H groups in total. The van der Waals surface area contributed by atoms with Gasteiger partial charge in [0.1, 0.15) is 0 Å². The van der Waals surface area contributed by atoms with Crippen molar-refractivity contribution in [1.29, 1.82) is 0 Å². The number of carbonyl (C=O) groups is 1. The number of aromatic nitrogens is 2. The van der Waals surface area contributed by atoms with Gasteiger partial charge in [0.15, 0.2) is 0 Å². The standard InChI is InChI=1S/C14H23N5O2/c1-14(2,21)11-19-8-6-18(7-9-19)10-12(20)17-13-15-4-3-5-16-13/h3-5,21H,6-11H2,1-2H3,(H,15,16,17,20). The van der Waals surface area contributed by atoms with Crippen LogP contribution < -0.4 is 5.32 Å². The van der Waals surface area contributed by atoms with Crippen LogP contribution >= 0.6 is 0 Å². The third-order valence-electron chi connectivity index (χ3n) is 3.26. The van der Waals surface area contributed by atoms with Crippen molar-refractivity contribution in [3.05, 3.63) is 18.5 Å². The van der Waals surface area contributed by atoms with Gasteiger partial charge >= 0.3 is 0 Å². The summed E-state index contributed by atoms with van der Waals surface area (Å²) < 4.78 is 0. The first-order valence-electron chi connectivity index (χ1n) is 7.16. The van der Waals surface area contributed by atoms with E-state index in [2.05, 4.69) is 25.1 Å². The molecule has 0 bridgehead atoms. The van der Waals surface area contributed by atoms with E-state index in [9.17, 15) is 9.90 Å². The van der Waals surface area contributed by atoms with Gasteiger partial charge in [-0.2, -0.15) is 0 Å². The fourth-order valence-electron chi connectivity index (χ4n) is 2.38. The summed E-state index contributed by atoms with van der Waals surface area (Å²) in [5, 5.41) is 12.5. The van der Waals surface area contributed by atoms with E-state index in [0.29, 0.717) is 19.0 Å². The van der Waals surface area contributed by atoms with Crippen molar-refractivity contribution in [3.8, 4) is 0 Å². The van der Waals surface area contributed by atoms with Crippen molar-refractivity contribution >= 4 is 11.9 Å². The van der Waals surface area contributed by atoms with Crippen molar-refractivity contribution in [2.75, 3.05) is 44.6 Å². The number of nitrogens with zero attached hydrogens (tertiary/aromatic N) is 4. The maximum Gasteiger partial charge on any atom is 0.240 e. The van der Waals surface area contributed by atoms with Gasteiger partial charge < -0.3 is 5.11 Å². The topological polar surface area (TPSA) is 81.6 Å². The molecule has 116 valence electrons. The SMILES string of the molecule is CC(C)(O)CN1CCN(CC(=O)Nc2ncccn2)CC1. The van der Waals surface area contributed by atoms with Crippen LogP contribution in [0.15, 0.2) is 18.5 Å². The fraction of sp³-hybridized carbons (Fsp3) is 0.643. The Kier molecular flexibility index (Phi) is 5.22. The highest BCUT2D eigenvalue weighted by Gasteiger charge is 2.23. The van der Waals surface area contributed by atoms with Crippen molar-refractivity contribution in [2.24, 2.45) is 0 Å². The maximum atomic E-state index is 11.9. The molecule has 0 radical (unpaired) electrons. The first kappa shape index (κ1) is 15.8. The minimum atomic E-state index is -0.676. The number of anilines is 1. The molecule has 2 heterocycles. The molecule has 1 aromatic heterocycles. The Hall–Kier alpha value is -1.57. The Morgan fingerprint density at radius 1 is 1.24 bits per heavy atom. The average molecular weight is 293 g/mol. The lowest BCUT2D eigenvalue weighted by molar-refractivity contribution is -0.117. The average Bonchev–Trinajstić information content (AvgIpc) is 2.40. The Morgan fingerprint density at radius 2 is 1.81 bits per heavy atom. The van der Waals surface area contributed by atoms with Gasteiger partial charge in [0.05, 0.1) is 12.1 Å². The van der Waals surface area contributed by atoms with E-state index in [4.69, 9.17) is 0 Å². The molecule has 1 aliphatic rings. The van der Waals surface area contributed by atoms with Gasteiger partial charge in [-0.25, -0.2) is 9.97 Å². The highest BCUT2D eigenvalue weighted by atomic mass is 16.3. The zero-order valence-corrected chi connectivity index (χ0v) is 12.6. The van der Waals surface area contributed by atoms with Crippen molar-refractivity contribution in [1.82, 2.24) is 19.8 Å². The van der Waals surface area contributed by atoms with Crippen molar-refractivity contribution in [2.45, 2.75) is 19.4 Å². The van der Waals surface area contributed by atoms with Crippen LogP contribution in [0.5, 0.6) is 0 Å². The Morgan fingerprint density at radius 3 is 2.38 bits per heavy atom. The highest BCUT2D eigenvalue weighted by Crippen LogP contribution is 2.08. The molecule has 0 aliphatic carbocycles. The number of carbonyl (C=O) groups excluding carboxylic acids is 1. The number of piperazine rings is 1. The molecule has 1 aromatic rings. The number of aliphatic hydroxyl groups is 1. The molecule has 21 heavy (non-hydrogen) atoms. The molecular formula is C14H23N5O2. The number of hydrogen-bond acceptors (Lipinski definition) is 6. The molecule has 1 fully saturated rings. The van der Waals surface area contributed by atoms with Crippen LogP contribution in [0, 0.1) is 0 Å². The van der Waals surface area contributed by atoms with E-state index in [0.717, 1.165) is 26.2 Å². The van der Waals surface area contributed by atoms with Crippen molar-refractivity contribution < 1.29 is 9.90 Å². The number of nitrogens with one attached hydrogen (secondary N) is 1. The summed E-state index contributed by atoms with van der Waals surface area (Å²) in [6.07, 6.45) is 3.19. The van der Waals surface area contributed by atoms with E-state index < -0.39 is 5.60 Å². The lowest BCUT2D eigenvalue weighted by Crippen LogP contribution is -2.51. The maximum absolute atomic E-state index is 11.9. The van der Waals surface area contributed by atoms with Gasteiger partial charge in [-0.05, 0) is 19.9 Å². The normalized spacial score (nSPS) is 17.7. The second-order valence-corrected chi connectivity index (χ2v) is 5.99. The van der Waals surface area contributed by atoms with Gasteiger partial charge in [-0.1, -0.05) is 0 Å². The van der Waals surface area contributed by atoms with Gasteiger partial charge in [-0.3, -0.25) is 19.9 Å². The molecule has 1 saturated heterocycles. The lowest BCUT2D eigenvalue weighted by atomic mass is 10.1. The van der Waals surface area contributed by atoms with Gasteiger partial charge in [0, 0.05) is 45.1 Å². The molecule has 0 aromatic carbocycles. The molecule has 7 nitrogen and oxygen atoms in total. The van der Waals surface area contributed by atoms with E-state index in [-0.39, 0.29) is 5.91 Å². The van der Waals surface area contributed by atoms with Crippen LogP contribution in [0.25, 0.3) is 0 Å². The molecule has 1 amide bonds. The molecule has 2 rings (SSSR count). The number of hydrogen-bond donors (Lipinski definition) is 2. The predicted octanol–water partition coefficient (Wildman–Crippen LogP) is -0.196. The number of rotatable bonds is 5. The second-order valence-electron chi connectivity index (χ2n) is 5.99. The first-order chi connectivity index (χ1) is 9.92. The summed E-state index contributed by atoms with van der Waals surface area (Å²) in [5.74, 6) is 0.236. The monoisotopic (exact) mass is 293 g/mol. The van der Waals surface area contributed by atoms with Crippen LogP contribution in [0.4, 0.5) is 5.95 Å². The van der Waals surface area contributed by atoms with Gasteiger partial charge in [-0.15, -0.1) is 0 Å². The smallest absolute Gasteiger partial charge is 0.240 e. The van der Waals surface area contributed by atoms with Crippen molar-refractivity contribution in [3.63, 3.8) is 0 Å². The Bertz CT molecular complexity index is 452. The summed E-state index contributed by atoms with van der Waals surface area (Å²) in [5.41, 5.74) is -0.676. The third kappa shape index (κ3) is 5.74. The fourth-order valence-corrected chi connectivity index (χ4v) is 2.38. The summed E-state index contributed by atoms with van der Waals surface area (Å²) in [6.45, 7) is 7.98. The zero-order chi connectivity index (χ0) is 15.3. The van der Waals surface area contributed by atoms with E-state index in [1.807, 2.05) is 13.8 Å². The summed E-state index contributed by atoms with van der Waals surface area (Å²) in [7, 11) is 0. The summed E-state index contributed by atoms with van der Waals surface area (Å²) in [6, 6.07) is 1.71. The van der Waals surface area contributed by atoms with Crippen LogP contribution in [0.3, 0.4) is 0 Å². The molecular weight excluding hydrogens is 270 g/mol. The first-order valence-corrected chi connectivity index (χ1v) is 7.16. The van der Waals surface area contributed by atoms with Crippen LogP contribution in [-0.2, 0) is 4.79 Å². The van der Waals surface area contributed by atoms with Gasteiger partial charge in [0.25, 0.3) is 0 Å². The molecule has 7 heteroatoms. The van der Waals surface area contributed by atoms with E-state index in [1.165, 1.54) is 0 Å². The lowest BCUT2D eigenvalue weighted by Gasteiger charge is -2.36. The Balaban J connectivity index is 1.72. The van der Waals surface area contributed by atoms with Crippen LogP contribution in [-0.4, -0.2) is 75.7 Å². The molecule has 0 saturated carbocycles. The van der Waals surface area contributed by atoms with Crippen LogP contribution in [0.2, 0.25) is 0 Å². The molecule has 1 aliphatic heterocycles. The molecule has 0 spiro atoms. The van der Waals surface area contributed by atoms with Crippen LogP contribution in [0.1, 0.15) is 13.8 Å². The quantitative estimate of drug-likeness (QED) is 0.783. The van der Waals surface area contributed by atoms with E-state index in [1.54, 1.807) is 18.5 Å². The number of amides is 1.